The molecule has 4 aromatic carbocycles. The summed E-state index contributed by atoms with van der Waals surface area (Å²) in [5.41, 5.74) is 5.98. The van der Waals surface area contributed by atoms with Crippen molar-refractivity contribution in [1.29, 1.82) is 0 Å². The Morgan fingerprint density at radius 2 is 1.36 bits per heavy atom. The number of benzene rings is 4. The molecule has 0 bridgehead atoms. The molecule has 1 saturated carbocycles. The van der Waals surface area contributed by atoms with Crippen LogP contribution in [0.25, 0.3) is 17.2 Å². The number of carbonyl (C=O) groups excluding carboxylic acids is 1. The summed E-state index contributed by atoms with van der Waals surface area (Å²) in [6, 6.07) is 34.1. The van der Waals surface area contributed by atoms with Crippen LogP contribution in [0.2, 0.25) is 0 Å². The Hall–Kier alpha value is -4.77. The number of amides is 1. The summed E-state index contributed by atoms with van der Waals surface area (Å²) in [6.45, 7) is 0. The molecule has 0 radical (unpaired) electrons. The molecule has 2 aliphatic rings. The Balaban J connectivity index is 1.47. The number of hydrogen-bond acceptors (Lipinski definition) is 3. The molecule has 1 aliphatic heterocycles. The van der Waals surface area contributed by atoms with E-state index in [4.69, 9.17) is 5.10 Å². The van der Waals surface area contributed by atoms with E-state index in [1.807, 2.05) is 54.6 Å². The van der Waals surface area contributed by atoms with Crippen LogP contribution in [0.5, 0.6) is 0 Å². The van der Waals surface area contributed by atoms with Crippen molar-refractivity contribution in [3.63, 3.8) is 0 Å². The zero-order chi connectivity index (χ0) is 26.8. The van der Waals surface area contributed by atoms with Gasteiger partial charge in [0.05, 0.1) is 17.3 Å². The summed E-state index contributed by atoms with van der Waals surface area (Å²) in [7, 11) is 0. The molecule has 5 nitrogen and oxygen atoms in total. The normalized spacial score (nSPS) is 19.4. The number of carboxylic acids is 1. The third-order valence-electron chi connectivity index (χ3n) is 7.60. The van der Waals surface area contributed by atoms with Crippen LogP contribution in [0.15, 0.2) is 120 Å². The summed E-state index contributed by atoms with van der Waals surface area (Å²) in [6.07, 6.45) is 5.07. The number of hydrogen-bond donors (Lipinski definition) is 1. The van der Waals surface area contributed by atoms with Crippen molar-refractivity contribution in [3.05, 3.63) is 137 Å². The molecule has 0 unspecified atom stereocenters. The lowest BCUT2D eigenvalue weighted by Crippen LogP contribution is -2.32. The second kappa shape index (κ2) is 10.5. The van der Waals surface area contributed by atoms with E-state index in [1.54, 1.807) is 35.3 Å². The van der Waals surface area contributed by atoms with Gasteiger partial charge in [0.1, 0.15) is 0 Å². The van der Waals surface area contributed by atoms with E-state index in [9.17, 15) is 14.7 Å². The first-order valence-electron chi connectivity index (χ1n) is 13.3. The second-order valence-corrected chi connectivity index (χ2v) is 9.97. The fourth-order valence-corrected chi connectivity index (χ4v) is 5.83. The van der Waals surface area contributed by atoms with E-state index < -0.39 is 5.97 Å². The van der Waals surface area contributed by atoms with Gasteiger partial charge >= 0.3 is 5.97 Å². The van der Waals surface area contributed by atoms with Gasteiger partial charge in [0.15, 0.2) is 0 Å². The van der Waals surface area contributed by atoms with Crippen LogP contribution in [0.1, 0.15) is 57.1 Å². The first-order valence-corrected chi connectivity index (χ1v) is 13.3. The average molecular weight is 513 g/mol. The quantitative estimate of drug-likeness (QED) is 0.301. The Morgan fingerprint density at radius 1 is 0.769 bits per heavy atom. The Bertz CT molecular complexity index is 1590. The van der Waals surface area contributed by atoms with Gasteiger partial charge in [-0.2, -0.15) is 5.10 Å². The highest BCUT2D eigenvalue weighted by Gasteiger charge is 2.44. The Labute approximate surface area is 227 Å². The molecule has 4 aromatic rings. The third-order valence-corrected chi connectivity index (χ3v) is 7.60. The van der Waals surface area contributed by atoms with Crippen molar-refractivity contribution in [2.45, 2.75) is 25.3 Å². The zero-order valence-corrected chi connectivity index (χ0v) is 21.4. The minimum atomic E-state index is -1.03. The molecule has 6 rings (SSSR count). The fourth-order valence-electron chi connectivity index (χ4n) is 5.83. The molecule has 1 heterocycles. The molecule has 1 amide bonds. The second-order valence-electron chi connectivity index (χ2n) is 9.97. The van der Waals surface area contributed by atoms with E-state index >= 15 is 0 Å². The largest absolute Gasteiger partial charge is 0.478 e. The van der Waals surface area contributed by atoms with Crippen LogP contribution in [0.4, 0.5) is 0 Å². The lowest BCUT2D eigenvalue weighted by molar-refractivity contribution is 0.0676. The van der Waals surface area contributed by atoms with Gasteiger partial charge in [0, 0.05) is 11.5 Å². The molecular formula is C34H28N2O3. The maximum Gasteiger partial charge on any atom is 0.336 e. The van der Waals surface area contributed by atoms with Crippen LogP contribution < -0.4 is 0 Å². The lowest BCUT2D eigenvalue weighted by atomic mass is 9.77. The van der Waals surface area contributed by atoms with Crippen molar-refractivity contribution < 1.29 is 14.7 Å². The zero-order valence-electron chi connectivity index (χ0n) is 21.4. The maximum atomic E-state index is 14.4. The van der Waals surface area contributed by atoms with Crippen molar-refractivity contribution in [1.82, 2.24) is 5.01 Å². The topological polar surface area (TPSA) is 70.0 Å². The SMILES string of the molecule is O=C(O)c1ccccc1-c1ccccc1C(=O)N1N=C2/C(=C/c3ccccc3)CCC[C@@H]2[C@H]1c1ccccc1. The number of carboxylic acid groups (broad SMARTS) is 1. The molecule has 1 aliphatic carbocycles. The highest BCUT2D eigenvalue weighted by Crippen LogP contribution is 2.45. The van der Waals surface area contributed by atoms with Crippen molar-refractivity contribution in [2.75, 3.05) is 0 Å². The predicted octanol–water partition coefficient (Wildman–Crippen LogP) is 7.49. The fraction of sp³-hybridized carbons (Fsp3) is 0.147. The van der Waals surface area contributed by atoms with Crippen molar-refractivity contribution >= 4 is 23.7 Å². The van der Waals surface area contributed by atoms with Crippen LogP contribution in [-0.2, 0) is 0 Å². The van der Waals surface area contributed by atoms with Gasteiger partial charge in [-0.15, -0.1) is 0 Å². The van der Waals surface area contributed by atoms with Crippen molar-refractivity contribution in [3.8, 4) is 11.1 Å². The van der Waals surface area contributed by atoms with Crippen LogP contribution in [0.3, 0.4) is 0 Å². The van der Waals surface area contributed by atoms with Crippen LogP contribution in [-0.4, -0.2) is 27.7 Å². The number of allylic oxidation sites excluding steroid dienone is 1. The van der Waals surface area contributed by atoms with E-state index in [0.717, 1.165) is 41.7 Å². The van der Waals surface area contributed by atoms with Gasteiger partial charge in [0.25, 0.3) is 5.91 Å². The highest BCUT2D eigenvalue weighted by molar-refractivity contribution is 6.10. The minimum Gasteiger partial charge on any atom is -0.478 e. The summed E-state index contributed by atoms with van der Waals surface area (Å²) in [5.74, 6) is -1.18. The molecule has 192 valence electrons. The van der Waals surface area contributed by atoms with Gasteiger partial charge in [-0.25, -0.2) is 9.80 Å². The molecule has 1 N–H and O–H groups in total. The first-order chi connectivity index (χ1) is 19.1. The van der Waals surface area contributed by atoms with Gasteiger partial charge in [0.2, 0.25) is 0 Å². The maximum absolute atomic E-state index is 14.4. The van der Waals surface area contributed by atoms with Gasteiger partial charge in [-0.1, -0.05) is 97.1 Å². The number of carbonyl (C=O) groups is 2. The molecule has 0 aromatic heterocycles. The molecule has 0 saturated heterocycles. The first kappa shape index (κ1) is 24.6. The molecule has 0 spiro atoms. The van der Waals surface area contributed by atoms with Gasteiger partial charge < -0.3 is 5.11 Å². The Morgan fingerprint density at radius 3 is 2.05 bits per heavy atom. The van der Waals surface area contributed by atoms with Gasteiger partial charge in [-0.3, -0.25) is 4.79 Å². The number of rotatable bonds is 5. The molecule has 39 heavy (non-hydrogen) atoms. The summed E-state index contributed by atoms with van der Waals surface area (Å²) < 4.78 is 0. The Kier molecular flexibility index (Phi) is 6.64. The summed E-state index contributed by atoms with van der Waals surface area (Å²) in [4.78, 5) is 26.4. The smallest absolute Gasteiger partial charge is 0.336 e. The lowest BCUT2D eigenvalue weighted by Gasteiger charge is -2.30. The molecular weight excluding hydrogens is 484 g/mol. The van der Waals surface area contributed by atoms with E-state index in [0.29, 0.717) is 16.7 Å². The van der Waals surface area contributed by atoms with Crippen LogP contribution >= 0.6 is 0 Å². The summed E-state index contributed by atoms with van der Waals surface area (Å²) >= 11 is 0. The highest BCUT2D eigenvalue weighted by atomic mass is 16.4. The van der Waals surface area contributed by atoms with Crippen molar-refractivity contribution in [2.24, 2.45) is 11.0 Å². The molecule has 2 atom stereocenters. The van der Waals surface area contributed by atoms with E-state index in [2.05, 4.69) is 30.3 Å². The van der Waals surface area contributed by atoms with E-state index in [-0.39, 0.29) is 23.4 Å². The number of aromatic carboxylic acids is 1. The third kappa shape index (κ3) is 4.68. The molecule has 1 fully saturated rings. The summed E-state index contributed by atoms with van der Waals surface area (Å²) in [5, 5.41) is 16.5. The number of hydrazone groups is 1. The number of nitrogens with zero attached hydrogens (tertiary/aromatic N) is 2. The standard InChI is InChI=1S/C34H28N2O3/c37-33(28-19-9-7-17-26(28)27-18-8-10-20-29(27)34(38)39)36-32(24-14-5-2-6-15-24)30-21-11-16-25(31(30)35-36)22-23-12-3-1-4-13-23/h1-10,12-15,17-20,22,30,32H,11,16,21H2,(H,38,39)/b25-22+/t30-,32+/m0/s1. The molecule has 5 heteroatoms. The predicted molar refractivity (Wildman–Crippen MR) is 153 cm³/mol. The average Bonchev–Trinajstić information content (AvgIpc) is 3.38. The van der Waals surface area contributed by atoms with Crippen LogP contribution in [0, 0.1) is 5.92 Å². The van der Waals surface area contributed by atoms with E-state index in [1.165, 1.54) is 0 Å². The minimum absolute atomic E-state index is 0.0820. The monoisotopic (exact) mass is 512 g/mol. The number of fused-ring (bicyclic) bond motifs is 1. The van der Waals surface area contributed by atoms with Gasteiger partial charge in [-0.05, 0) is 65.3 Å².